The molecule has 6 rings (SSSR count). The first kappa shape index (κ1) is 29.2. The first-order valence-electron chi connectivity index (χ1n) is 14.0. The zero-order valence-corrected chi connectivity index (χ0v) is 23.9. The van der Waals surface area contributed by atoms with Crippen molar-refractivity contribution in [1.82, 2.24) is 0 Å². The van der Waals surface area contributed by atoms with E-state index in [1.165, 1.54) is 19.9 Å². The summed E-state index contributed by atoms with van der Waals surface area (Å²) in [7, 11) is 0. The van der Waals surface area contributed by atoms with E-state index in [0.29, 0.717) is 23.6 Å². The van der Waals surface area contributed by atoms with Crippen LogP contribution in [-0.4, -0.2) is 55.1 Å². The quantitative estimate of drug-likeness (QED) is 0.332. The number of aliphatic hydroxyl groups is 4. The van der Waals surface area contributed by atoms with Gasteiger partial charge in [0, 0.05) is 50.1 Å². The van der Waals surface area contributed by atoms with Crippen LogP contribution in [0, 0.1) is 0 Å². The van der Waals surface area contributed by atoms with Gasteiger partial charge in [-0.05, 0) is 49.5 Å². The molecule has 0 saturated carbocycles. The van der Waals surface area contributed by atoms with Crippen LogP contribution < -0.4 is 0 Å². The van der Waals surface area contributed by atoms with Crippen LogP contribution in [0.2, 0.25) is 0 Å². The molecule has 0 aromatic heterocycles. The van der Waals surface area contributed by atoms with Gasteiger partial charge in [0.15, 0.2) is 23.1 Å². The molecule has 0 aliphatic heterocycles. The summed E-state index contributed by atoms with van der Waals surface area (Å²) in [5.74, 6) is -9.46. The van der Waals surface area contributed by atoms with Gasteiger partial charge in [0.05, 0.1) is 0 Å². The number of hydrogen-bond acceptors (Lipinski definition) is 8. The highest BCUT2D eigenvalue weighted by molar-refractivity contribution is 6.38. The molecule has 220 valence electrons. The monoisotopic (exact) mass is 588 g/mol. The smallest absolute Gasteiger partial charge is 0.247 e. The highest BCUT2D eigenvalue weighted by Gasteiger charge is 2.56. The maximum atomic E-state index is 14.1. The molecule has 3 aliphatic carbocycles. The van der Waals surface area contributed by atoms with Gasteiger partial charge < -0.3 is 20.4 Å². The van der Waals surface area contributed by atoms with Gasteiger partial charge in [-0.3, -0.25) is 19.2 Å². The second-order valence-corrected chi connectivity index (χ2v) is 11.3. The molecule has 3 aromatic carbocycles. The van der Waals surface area contributed by atoms with Crippen LogP contribution in [0.5, 0.6) is 0 Å². The van der Waals surface area contributed by atoms with E-state index < -0.39 is 45.9 Å². The molecule has 0 spiro atoms. The fourth-order valence-electron chi connectivity index (χ4n) is 6.22. The van der Waals surface area contributed by atoms with Crippen molar-refractivity contribution in [2.24, 2.45) is 0 Å². The lowest BCUT2D eigenvalue weighted by molar-refractivity contribution is -0.315. The molecule has 3 aromatic rings. The molecule has 0 unspecified atom stereocenters. The van der Waals surface area contributed by atoms with Gasteiger partial charge in [-0.25, -0.2) is 0 Å². The molecule has 0 heterocycles. The Hall–Kier alpha value is -4.86. The number of fused-ring (bicyclic) bond motifs is 2. The topological polar surface area (TPSA) is 149 Å². The van der Waals surface area contributed by atoms with Crippen LogP contribution in [0.3, 0.4) is 0 Å². The van der Waals surface area contributed by atoms with Crippen molar-refractivity contribution in [3.8, 4) is 0 Å². The summed E-state index contributed by atoms with van der Waals surface area (Å²) in [6.45, 7) is 2.75. The normalized spacial score (nSPS) is 19.3. The predicted octanol–water partition coefficient (Wildman–Crippen LogP) is 3.28. The van der Waals surface area contributed by atoms with Crippen LogP contribution in [0.4, 0.5) is 0 Å². The van der Waals surface area contributed by atoms with Crippen LogP contribution in [0.15, 0.2) is 124 Å². The Morgan fingerprint density at radius 1 is 0.568 bits per heavy atom. The Morgan fingerprint density at radius 3 is 1.73 bits per heavy atom. The summed E-state index contributed by atoms with van der Waals surface area (Å²) in [5.41, 5.74) is 0.287. The summed E-state index contributed by atoms with van der Waals surface area (Å²) >= 11 is 0. The van der Waals surface area contributed by atoms with Crippen molar-refractivity contribution in [2.45, 2.75) is 38.3 Å². The predicted molar refractivity (Wildman–Crippen MR) is 159 cm³/mol. The van der Waals surface area contributed by atoms with E-state index in [-0.39, 0.29) is 45.4 Å². The van der Waals surface area contributed by atoms with Gasteiger partial charge in [-0.1, -0.05) is 78.9 Å². The Kier molecular flexibility index (Phi) is 6.90. The lowest BCUT2D eigenvalue weighted by Crippen LogP contribution is -2.58. The highest BCUT2D eigenvalue weighted by Crippen LogP contribution is 2.46. The molecule has 0 fully saturated rings. The number of hydrogen-bond donors (Lipinski definition) is 4. The molecule has 3 aliphatic rings. The second kappa shape index (κ2) is 10.4. The zero-order valence-electron chi connectivity index (χ0n) is 23.9. The molecule has 8 heteroatoms. The summed E-state index contributed by atoms with van der Waals surface area (Å²) in [4.78, 5) is 56.0. The third-order valence-corrected chi connectivity index (χ3v) is 8.54. The van der Waals surface area contributed by atoms with Crippen LogP contribution in [0.25, 0.3) is 0 Å². The van der Waals surface area contributed by atoms with E-state index in [1.54, 1.807) is 42.5 Å². The van der Waals surface area contributed by atoms with E-state index in [0.717, 1.165) is 5.56 Å². The van der Waals surface area contributed by atoms with Crippen molar-refractivity contribution in [2.75, 3.05) is 0 Å². The van der Waals surface area contributed by atoms with Crippen molar-refractivity contribution in [3.05, 3.63) is 152 Å². The molecule has 44 heavy (non-hydrogen) atoms. The number of rotatable bonds is 5. The van der Waals surface area contributed by atoms with Gasteiger partial charge >= 0.3 is 0 Å². The first-order valence-corrected chi connectivity index (χ1v) is 14.0. The maximum Gasteiger partial charge on any atom is 0.247 e. The van der Waals surface area contributed by atoms with Crippen LogP contribution in [-0.2, 0) is 22.4 Å². The number of benzene rings is 3. The largest absolute Gasteiger partial charge is 0.358 e. The van der Waals surface area contributed by atoms with E-state index in [9.17, 15) is 39.6 Å². The first-order chi connectivity index (χ1) is 20.8. The number of allylic oxidation sites excluding steroid dienone is 6. The Morgan fingerprint density at radius 2 is 1.11 bits per heavy atom. The molecule has 0 amide bonds. The maximum absolute atomic E-state index is 14.1. The average Bonchev–Trinajstić information content (AvgIpc) is 3.00. The third-order valence-electron chi connectivity index (χ3n) is 8.54. The Bertz CT molecular complexity index is 1920. The highest BCUT2D eigenvalue weighted by atomic mass is 16.6. The minimum absolute atomic E-state index is 0.0233. The van der Waals surface area contributed by atoms with Gasteiger partial charge in [0.1, 0.15) is 0 Å². The van der Waals surface area contributed by atoms with E-state index in [4.69, 9.17) is 0 Å². The van der Waals surface area contributed by atoms with Crippen molar-refractivity contribution in [1.29, 1.82) is 0 Å². The zero-order chi connectivity index (χ0) is 31.6. The van der Waals surface area contributed by atoms with E-state index in [2.05, 4.69) is 0 Å². The molecular weight excluding hydrogens is 560 g/mol. The standard InChI is InChI=1S/C36H28O8/c1-19-27(33(39)24-15-9-14-23(29(24)31(19)37)16-21-10-5-3-6-11-21)28-20(2)32(38)30-25(34(28)40)18-35(41,42)36(43,44)26(30)17-22-12-7-4-8-13-22/h3-15,18,41-44H,16-17H2,1-2H3. The molecule has 0 radical (unpaired) electrons. The van der Waals surface area contributed by atoms with Gasteiger partial charge in [-0.2, -0.15) is 0 Å². The van der Waals surface area contributed by atoms with E-state index >= 15 is 0 Å². The van der Waals surface area contributed by atoms with Gasteiger partial charge in [0.2, 0.25) is 11.6 Å². The second-order valence-electron chi connectivity index (χ2n) is 11.3. The molecule has 0 saturated heterocycles. The fraction of sp³-hybridized carbons (Fsp3) is 0.167. The SMILES string of the molecule is CC1=C(C2=C(C)C(=O)c3c(Cc4ccccc4)cccc3C2=O)C(=O)C2=CC(O)(O)C(O)(O)C(Cc3ccccc3)=C2C1=O. The van der Waals surface area contributed by atoms with Gasteiger partial charge in [0.25, 0.3) is 0 Å². The Balaban J connectivity index is 1.51. The van der Waals surface area contributed by atoms with Crippen molar-refractivity contribution >= 4 is 23.1 Å². The number of Topliss-reactive ketones (excluding diaryl/α,β-unsaturated/α-hetero) is 4. The molecule has 8 nitrogen and oxygen atoms in total. The summed E-state index contributed by atoms with van der Waals surface area (Å²) in [6, 6.07) is 22.8. The van der Waals surface area contributed by atoms with Crippen LogP contribution >= 0.6 is 0 Å². The minimum Gasteiger partial charge on any atom is -0.358 e. The molecule has 0 bridgehead atoms. The third kappa shape index (κ3) is 4.39. The summed E-state index contributed by atoms with van der Waals surface area (Å²) < 4.78 is 0. The van der Waals surface area contributed by atoms with Crippen LogP contribution in [0.1, 0.15) is 51.3 Å². The van der Waals surface area contributed by atoms with Crippen molar-refractivity contribution < 1.29 is 39.6 Å². The minimum atomic E-state index is -3.35. The number of ketones is 4. The van der Waals surface area contributed by atoms with E-state index in [1.807, 2.05) is 30.3 Å². The average molecular weight is 589 g/mol. The fourth-order valence-corrected chi connectivity index (χ4v) is 6.22. The molecule has 4 N–H and O–H groups in total. The number of carbonyl (C=O) groups is 4. The molecular formula is C36H28O8. The summed E-state index contributed by atoms with van der Waals surface area (Å²) in [6.07, 6.45) is 0.622. The van der Waals surface area contributed by atoms with Gasteiger partial charge in [-0.15, -0.1) is 0 Å². The summed E-state index contributed by atoms with van der Waals surface area (Å²) in [5, 5.41) is 43.2. The number of carbonyl (C=O) groups excluding carboxylic acids is 4. The lowest BCUT2D eigenvalue weighted by Gasteiger charge is -2.41. The van der Waals surface area contributed by atoms with Crippen molar-refractivity contribution in [3.63, 3.8) is 0 Å². The molecule has 0 atom stereocenters. The lowest BCUT2D eigenvalue weighted by atomic mass is 9.68. The Labute approximate surface area is 252 Å².